The van der Waals surface area contributed by atoms with Crippen LogP contribution in [0.1, 0.15) is 12.5 Å². The number of rotatable bonds is 2. The number of ketones is 1. The Bertz CT molecular complexity index is 602. The van der Waals surface area contributed by atoms with Crippen molar-refractivity contribution in [1.82, 2.24) is 0 Å². The Labute approximate surface area is 113 Å². The van der Waals surface area contributed by atoms with Crippen LogP contribution in [0.3, 0.4) is 0 Å². The summed E-state index contributed by atoms with van der Waals surface area (Å²) in [6, 6.07) is 16.5. The third-order valence-corrected chi connectivity index (χ3v) is 3.66. The Kier molecular flexibility index (Phi) is 3.08. The van der Waals surface area contributed by atoms with Crippen molar-refractivity contribution in [2.45, 2.75) is 13.3 Å². The minimum atomic E-state index is 0.00933. The first-order valence-corrected chi connectivity index (χ1v) is 6.55. The molecule has 0 aliphatic carbocycles. The third-order valence-electron chi connectivity index (χ3n) is 3.66. The first-order valence-electron chi connectivity index (χ1n) is 6.55. The fourth-order valence-corrected chi connectivity index (χ4v) is 2.44. The first kappa shape index (κ1) is 12.0. The fraction of sp³-hybridized carbons (Fsp3) is 0.235. The van der Waals surface area contributed by atoms with Crippen molar-refractivity contribution in [3.05, 3.63) is 54.1 Å². The number of Topliss-reactive ketones (excluding diaryl/α,β-unsaturated/α-hetero) is 1. The first-order chi connectivity index (χ1) is 9.24. The van der Waals surface area contributed by atoms with E-state index < -0.39 is 0 Å². The van der Waals surface area contributed by atoms with Crippen LogP contribution >= 0.6 is 0 Å². The topological polar surface area (TPSA) is 26.3 Å². The van der Waals surface area contributed by atoms with Crippen LogP contribution in [0, 0.1) is 5.92 Å². The average molecular weight is 252 g/mol. The Morgan fingerprint density at radius 2 is 1.89 bits per heavy atom. The number of ether oxygens (including phenoxy) is 1. The van der Waals surface area contributed by atoms with Gasteiger partial charge in [0.1, 0.15) is 11.5 Å². The lowest BCUT2D eigenvalue weighted by atomic mass is 9.92. The molecule has 1 unspecified atom stereocenters. The van der Waals surface area contributed by atoms with Gasteiger partial charge in [0.25, 0.3) is 0 Å². The predicted octanol–water partition coefficient (Wildman–Crippen LogP) is 3.49. The highest BCUT2D eigenvalue weighted by molar-refractivity contribution is 5.79. The molecule has 3 rings (SSSR count). The molecule has 0 saturated heterocycles. The second kappa shape index (κ2) is 4.88. The molecule has 0 N–H and O–H groups in total. The summed E-state index contributed by atoms with van der Waals surface area (Å²) in [5.74, 6) is 1.13. The third kappa shape index (κ3) is 2.39. The van der Waals surface area contributed by atoms with Crippen molar-refractivity contribution in [1.29, 1.82) is 0 Å². The second-order valence-corrected chi connectivity index (χ2v) is 5.01. The van der Waals surface area contributed by atoms with Crippen molar-refractivity contribution in [3.8, 4) is 16.9 Å². The molecule has 2 heteroatoms. The van der Waals surface area contributed by atoms with Gasteiger partial charge in [-0.1, -0.05) is 42.5 Å². The van der Waals surface area contributed by atoms with Crippen molar-refractivity contribution < 1.29 is 9.53 Å². The number of hydrogen-bond donors (Lipinski definition) is 0. The van der Waals surface area contributed by atoms with Crippen LogP contribution in [0.5, 0.6) is 5.75 Å². The second-order valence-electron chi connectivity index (χ2n) is 5.01. The average Bonchev–Trinajstić information content (AvgIpc) is 2.47. The highest BCUT2D eigenvalue weighted by Crippen LogP contribution is 2.32. The summed E-state index contributed by atoms with van der Waals surface area (Å²) in [4.78, 5) is 11.4. The van der Waals surface area contributed by atoms with Gasteiger partial charge in [0, 0.05) is 0 Å². The Balaban J connectivity index is 1.92. The Morgan fingerprint density at radius 3 is 2.63 bits per heavy atom. The summed E-state index contributed by atoms with van der Waals surface area (Å²) in [6.45, 7) is 2.14. The summed E-state index contributed by atoms with van der Waals surface area (Å²) in [5, 5.41) is 0. The summed E-state index contributed by atoms with van der Waals surface area (Å²) in [7, 11) is 0. The molecule has 0 bridgehead atoms. The van der Waals surface area contributed by atoms with E-state index in [4.69, 9.17) is 4.74 Å². The van der Waals surface area contributed by atoms with Crippen molar-refractivity contribution in [2.24, 2.45) is 5.92 Å². The van der Waals surface area contributed by atoms with Crippen molar-refractivity contribution in [3.63, 3.8) is 0 Å². The van der Waals surface area contributed by atoms with E-state index in [1.165, 1.54) is 5.56 Å². The molecule has 2 aromatic carbocycles. The van der Waals surface area contributed by atoms with Crippen LogP contribution in [0.25, 0.3) is 11.1 Å². The Morgan fingerprint density at radius 1 is 1.11 bits per heavy atom. The van der Waals surface area contributed by atoms with Gasteiger partial charge in [-0.15, -0.1) is 0 Å². The van der Waals surface area contributed by atoms with Gasteiger partial charge in [0.05, 0.1) is 12.5 Å². The molecule has 1 aliphatic heterocycles. The van der Waals surface area contributed by atoms with E-state index in [2.05, 4.69) is 30.3 Å². The van der Waals surface area contributed by atoms with Crippen LogP contribution in [-0.2, 0) is 11.2 Å². The zero-order chi connectivity index (χ0) is 13.2. The van der Waals surface area contributed by atoms with Crippen LogP contribution in [0.4, 0.5) is 0 Å². The number of hydrogen-bond acceptors (Lipinski definition) is 2. The SMILES string of the molecule is CC(=O)C1COc2cc(-c3ccccc3)ccc2C1. The van der Waals surface area contributed by atoms with E-state index in [0.717, 1.165) is 23.3 Å². The summed E-state index contributed by atoms with van der Waals surface area (Å²) in [6.07, 6.45) is 0.791. The summed E-state index contributed by atoms with van der Waals surface area (Å²) < 4.78 is 5.74. The monoisotopic (exact) mass is 252 g/mol. The van der Waals surface area contributed by atoms with Crippen molar-refractivity contribution >= 4 is 5.78 Å². The molecule has 0 fully saturated rings. The van der Waals surface area contributed by atoms with Gasteiger partial charge in [-0.05, 0) is 36.1 Å². The van der Waals surface area contributed by atoms with Crippen molar-refractivity contribution in [2.75, 3.05) is 6.61 Å². The van der Waals surface area contributed by atoms with Gasteiger partial charge < -0.3 is 4.74 Å². The van der Waals surface area contributed by atoms with Gasteiger partial charge in [-0.3, -0.25) is 4.79 Å². The van der Waals surface area contributed by atoms with E-state index in [1.807, 2.05) is 18.2 Å². The normalized spacial score (nSPS) is 17.4. The van der Waals surface area contributed by atoms with Gasteiger partial charge in [0.2, 0.25) is 0 Å². The molecule has 0 spiro atoms. The minimum absolute atomic E-state index is 0.00933. The molecule has 1 aliphatic rings. The van der Waals surface area contributed by atoms with Crippen LogP contribution in [-0.4, -0.2) is 12.4 Å². The van der Waals surface area contributed by atoms with Gasteiger partial charge in [-0.25, -0.2) is 0 Å². The van der Waals surface area contributed by atoms with Crippen LogP contribution in [0.2, 0.25) is 0 Å². The highest BCUT2D eigenvalue weighted by atomic mass is 16.5. The molecule has 0 saturated carbocycles. The molecular formula is C17H16O2. The maximum absolute atomic E-state index is 11.4. The van der Waals surface area contributed by atoms with E-state index in [0.29, 0.717) is 6.61 Å². The highest BCUT2D eigenvalue weighted by Gasteiger charge is 2.23. The predicted molar refractivity (Wildman–Crippen MR) is 75.2 cm³/mol. The molecule has 19 heavy (non-hydrogen) atoms. The molecule has 1 heterocycles. The molecule has 96 valence electrons. The molecule has 2 nitrogen and oxygen atoms in total. The van der Waals surface area contributed by atoms with E-state index >= 15 is 0 Å². The van der Waals surface area contributed by atoms with Crippen LogP contribution < -0.4 is 4.74 Å². The molecule has 0 radical (unpaired) electrons. The molecule has 2 aromatic rings. The van der Waals surface area contributed by atoms with E-state index in [9.17, 15) is 4.79 Å². The number of carbonyl (C=O) groups excluding carboxylic acids is 1. The zero-order valence-electron chi connectivity index (χ0n) is 10.9. The smallest absolute Gasteiger partial charge is 0.136 e. The van der Waals surface area contributed by atoms with Gasteiger partial charge in [-0.2, -0.15) is 0 Å². The number of carbonyl (C=O) groups is 1. The maximum atomic E-state index is 11.4. The summed E-state index contributed by atoms with van der Waals surface area (Å²) in [5.41, 5.74) is 3.47. The summed E-state index contributed by atoms with van der Waals surface area (Å²) >= 11 is 0. The number of fused-ring (bicyclic) bond motifs is 1. The lowest BCUT2D eigenvalue weighted by Crippen LogP contribution is -2.26. The van der Waals surface area contributed by atoms with Crippen LogP contribution in [0.15, 0.2) is 48.5 Å². The van der Waals surface area contributed by atoms with Gasteiger partial charge in [0.15, 0.2) is 0 Å². The quantitative estimate of drug-likeness (QED) is 0.817. The molecule has 0 aromatic heterocycles. The maximum Gasteiger partial charge on any atom is 0.136 e. The molecular weight excluding hydrogens is 236 g/mol. The van der Waals surface area contributed by atoms with Gasteiger partial charge >= 0.3 is 0 Å². The molecule has 0 amide bonds. The largest absolute Gasteiger partial charge is 0.493 e. The fourth-order valence-electron chi connectivity index (χ4n) is 2.44. The van der Waals surface area contributed by atoms with E-state index in [-0.39, 0.29) is 11.7 Å². The van der Waals surface area contributed by atoms with E-state index in [1.54, 1.807) is 6.92 Å². The minimum Gasteiger partial charge on any atom is -0.493 e. The zero-order valence-corrected chi connectivity index (χ0v) is 10.9. The lowest BCUT2D eigenvalue weighted by molar-refractivity contribution is -0.121. The molecule has 1 atom stereocenters. The number of benzene rings is 2. The Hall–Kier alpha value is -2.09. The lowest BCUT2D eigenvalue weighted by Gasteiger charge is -2.24. The standard InChI is InChI=1S/C17H16O2/c1-12(18)16-9-15-8-7-14(10-17(15)19-11-16)13-5-3-2-4-6-13/h2-8,10,16H,9,11H2,1H3.